The van der Waals surface area contributed by atoms with E-state index in [-0.39, 0.29) is 0 Å². The van der Waals surface area contributed by atoms with E-state index in [2.05, 4.69) is 231 Å². The minimum Gasteiger partial charge on any atom is -0.310 e. The van der Waals surface area contributed by atoms with E-state index in [0.717, 1.165) is 45.3 Å². The van der Waals surface area contributed by atoms with Gasteiger partial charge in [-0.25, -0.2) is 0 Å². The van der Waals surface area contributed by atoms with Gasteiger partial charge in [-0.3, -0.25) is 0 Å². The molecule has 274 valence electrons. The van der Waals surface area contributed by atoms with Crippen molar-refractivity contribution in [2.75, 3.05) is 9.80 Å². The Bertz CT molecular complexity index is 2920. The molecule has 0 heterocycles. The third kappa shape index (κ3) is 6.77. The first kappa shape index (κ1) is 35.5. The van der Waals surface area contributed by atoms with Crippen molar-refractivity contribution in [3.05, 3.63) is 229 Å². The molecule has 0 aromatic heterocycles. The van der Waals surface area contributed by atoms with E-state index in [1.165, 1.54) is 54.6 Å². The van der Waals surface area contributed by atoms with Crippen molar-refractivity contribution in [1.29, 1.82) is 0 Å². The fourth-order valence-electron chi connectivity index (χ4n) is 8.13. The number of rotatable bonds is 10. The minimum absolute atomic E-state index is 0.954. The summed E-state index contributed by atoms with van der Waals surface area (Å²) >= 11 is 0. The first-order valence-corrected chi connectivity index (χ1v) is 19.7. The Morgan fingerprint density at radius 1 is 0.491 bits per heavy atom. The van der Waals surface area contributed by atoms with Gasteiger partial charge in [-0.05, 0) is 125 Å². The summed E-state index contributed by atoms with van der Waals surface area (Å²) in [5, 5.41) is 7.34. The number of hydrogen-bond acceptors (Lipinski definition) is 2. The van der Waals surface area contributed by atoms with Gasteiger partial charge in [0.05, 0.1) is 11.4 Å². The van der Waals surface area contributed by atoms with Crippen LogP contribution in [0.3, 0.4) is 0 Å². The third-order valence-electron chi connectivity index (χ3n) is 11.0. The summed E-state index contributed by atoms with van der Waals surface area (Å²) in [7, 11) is 0. The van der Waals surface area contributed by atoms with E-state index in [1.54, 1.807) is 0 Å². The van der Waals surface area contributed by atoms with Crippen molar-refractivity contribution in [1.82, 2.24) is 0 Å². The van der Waals surface area contributed by atoms with E-state index in [4.69, 9.17) is 0 Å². The average Bonchev–Trinajstić information content (AvgIpc) is 3.26. The molecule has 9 aromatic rings. The molecule has 9 rings (SSSR count). The summed E-state index contributed by atoms with van der Waals surface area (Å²) in [4.78, 5) is 4.80. The molecule has 0 aliphatic carbocycles. The Morgan fingerprint density at radius 2 is 1.04 bits per heavy atom. The molecular weight excluding hydrogens is 689 g/mol. The monoisotopic (exact) mass is 732 g/mol. The molecule has 0 aliphatic rings. The van der Waals surface area contributed by atoms with Crippen LogP contribution in [0.15, 0.2) is 212 Å². The molecule has 0 bridgehead atoms. The number of hydrogen-bond donors (Lipinski definition) is 0. The van der Waals surface area contributed by atoms with Crippen molar-refractivity contribution in [3.8, 4) is 11.1 Å². The summed E-state index contributed by atoms with van der Waals surface area (Å²) in [5.41, 5.74) is 13.5. The lowest BCUT2D eigenvalue weighted by molar-refractivity contribution is 1.21. The van der Waals surface area contributed by atoms with Gasteiger partial charge >= 0.3 is 0 Å². The van der Waals surface area contributed by atoms with Crippen LogP contribution in [0, 0.1) is 13.8 Å². The molecule has 0 aliphatic heterocycles. The van der Waals surface area contributed by atoms with E-state index >= 15 is 0 Å². The van der Waals surface area contributed by atoms with E-state index in [1.807, 2.05) is 6.07 Å². The molecule has 0 spiro atoms. The number of allylic oxidation sites excluding steroid dienone is 4. The molecule has 2 nitrogen and oxygen atoms in total. The first-order valence-electron chi connectivity index (χ1n) is 19.7. The third-order valence-corrected chi connectivity index (χ3v) is 11.0. The zero-order chi connectivity index (χ0) is 38.9. The average molecular weight is 733 g/mol. The maximum absolute atomic E-state index is 4.52. The molecule has 0 radical (unpaired) electrons. The second kappa shape index (κ2) is 15.2. The fourth-order valence-corrected chi connectivity index (χ4v) is 8.13. The van der Waals surface area contributed by atoms with Crippen LogP contribution in [0.4, 0.5) is 28.4 Å². The molecule has 57 heavy (non-hydrogen) atoms. The Kier molecular flexibility index (Phi) is 9.46. The van der Waals surface area contributed by atoms with E-state index in [9.17, 15) is 0 Å². The Hall–Kier alpha value is -7.16. The van der Waals surface area contributed by atoms with E-state index in [0.29, 0.717) is 0 Å². The van der Waals surface area contributed by atoms with Crippen LogP contribution in [0.25, 0.3) is 49.0 Å². The highest BCUT2D eigenvalue weighted by atomic mass is 15.2. The number of benzene rings is 9. The largest absolute Gasteiger partial charge is 0.310 e. The lowest BCUT2D eigenvalue weighted by Crippen LogP contribution is -2.16. The highest BCUT2D eigenvalue weighted by molar-refractivity contribution is 6.28. The summed E-state index contributed by atoms with van der Waals surface area (Å²) in [6, 6.07) is 66.0. The highest BCUT2D eigenvalue weighted by Gasteiger charge is 2.22. The van der Waals surface area contributed by atoms with Crippen molar-refractivity contribution >= 4 is 66.3 Å². The predicted molar refractivity (Wildman–Crippen MR) is 247 cm³/mol. The molecule has 2 heteroatoms. The van der Waals surface area contributed by atoms with Gasteiger partial charge in [0.2, 0.25) is 0 Å². The van der Waals surface area contributed by atoms with Crippen LogP contribution >= 0.6 is 0 Å². The molecular formula is C55H44N2. The maximum atomic E-state index is 4.52. The second-order valence-corrected chi connectivity index (χ2v) is 14.8. The second-order valence-electron chi connectivity index (χ2n) is 14.8. The fraction of sp³-hybridized carbons (Fsp3) is 0.0545. The van der Waals surface area contributed by atoms with Crippen molar-refractivity contribution in [2.24, 2.45) is 0 Å². The SMILES string of the molecule is C=C(/C=C(\C=C/C)N(c1ccc(C)cc1)c1ccc2ccc3c(N(c4ccc(C)cc4)c4cccc(-c5ccccc5)c4)ccc4ccc1c2c43)c1ccccc1. The van der Waals surface area contributed by atoms with Crippen molar-refractivity contribution in [3.63, 3.8) is 0 Å². The van der Waals surface area contributed by atoms with Crippen LogP contribution in [-0.4, -0.2) is 0 Å². The summed E-state index contributed by atoms with van der Waals surface area (Å²) in [6.45, 7) is 10.9. The van der Waals surface area contributed by atoms with Crippen molar-refractivity contribution in [2.45, 2.75) is 20.8 Å². The predicted octanol–water partition coefficient (Wildman–Crippen LogP) is 15.6. The van der Waals surface area contributed by atoms with Gasteiger partial charge in [0.15, 0.2) is 0 Å². The minimum atomic E-state index is 0.954. The Labute approximate surface area is 335 Å². The normalized spacial score (nSPS) is 11.9. The molecule has 0 fully saturated rings. The standard InChI is InChI=1S/C55H44N2/c1-5-13-48(36-40(4)41-14-8-6-9-15-41)56(46-28-20-38(2)21-29-46)52-34-26-43-25-33-51-53(35-27-44-24-32-50(52)54(43)55(44)51)57(47-30-22-39(3)23-31-47)49-19-12-18-45(37-49)42-16-10-7-11-17-42/h5-37H,4H2,1-3H3/b13-5-,48-36+. The van der Waals surface area contributed by atoms with Gasteiger partial charge in [0.25, 0.3) is 0 Å². The Balaban J connectivity index is 1.28. The lowest BCUT2D eigenvalue weighted by Gasteiger charge is -2.30. The van der Waals surface area contributed by atoms with Gasteiger partial charge in [-0.2, -0.15) is 0 Å². The summed E-state index contributed by atoms with van der Waals surface area (Å²) in [5.74, 6) is 0. The molecule has 0 amide bonds. The van der Waals surface area contributed by atoms with Crippen LogP contribution in [0.2, 0.25) is 0 Å². The van der Waals surface area contributed by atoms with Gasteiger partial charge in [-0.15, -0.1) is 0 Å². The Morgan fingerprint density at radius 3 is 1.67 bits per heavy atom. The van der Waals surface area contributed by atoms with Crippen LogP contribution < -0.4 is 9.80 Å². The zero-order valence-electron chi connectivity index (χ0n) is 32.7. The van der Waals surface area contributed by atoms with Crippen LogP contribution in [-0.2, 0) is 0 Å². The molecule has 0 saturated carbocycles. The molecule has 0 atom stereocenters. The van der Waals surface area contributed by atoms with Crippen LogP contribution in [0.5, 0.6) is 0 Å². The topological polar surface area (TPSA) is 6.48 Å². The van der Waals surface area contributed by atoms with E-state index < -0.39 is 0 Å². The zero-order valence-corrected chi connectivity index (χ0v) is 32.7. The number of anilines is 5. The molecule has 9 aromatic carbocycles. The van der Waals surface area contributed by atoms with Gasteiger partial charge in [0, 0.05) is 33.5 Å². The summed E-state index contributed by atoms with van der Waals surface area (Å²) < 4.78 is 0. The van der Waals surface area contributed by atoms with Gasteiger partial charge < -0.3 is 9.80 Å². The molecule has 0 N–H and O–H groups in total. The molecule has 0 saturated heterocycles. The number of nitrogens with zero attached hydrogens (tertiary/aromatic N) is 2. The highest BCUT2D eigenvalue weighted by Crippen LogP contribution is 2.47. The maximum Gasteiger partial charge on any atom is 0.0540 e. The van der Waals surface area contributed by atoms with Crippen molar-refractivity contribution < 1.29 is 0 Å². The van der Waals surface area contributed by atoms with Gasteiger partial charge in [0.1, 0.15) is 0 Å². The molecule has 0 unspecified atom stereocenters. The van der Waals surface area contributed by atoms with Crippen LogP contribution in [0.1, 0.15) is 23.6 Å². The lowest BCUT2D eigenvalue weighted by atomic mass is 9.91. The quantitative estimate of drug-likeness (QED) is 0.102. The smallest absolute Gasteiger partial charge is 0.0540 e. The summed E-state index contributed by atoms with van der Waals surface area (Å²) in [6.07, 6.45) is 6.50. The number of aryl methyl sites for hydroxylation is 2. The van der Waals surface area contributed by atoms with Gasteiger partial charge in [-0.1, -0.05) is 157 Å². The first-order chi connectivity index (χ1) is 28.0.